The van der Waals surface area contributed by atoms with Crippen LogP contribution in [0.25, 0.3) is 0 Å². The van der Waals surface area contributed by atoms with Gasteiger partial charge in [0.1, 0.15) is 24.2 Å². The van der Waals surface area contributed by atoms with Gasteiger partial charge in [0, 0.05) is 12.6 Å². The van der Waals surface area contributed by atoms with Crippen molar-refractivity contribution >= 4 is 27.5 Å². The number of halogens is 1. The third-order valence-corrected chi connectivity index (χ3v) is 6.83. The SMILES string of the molecule is CC[C@@H](C)NC(=O)[C@H](CC)N(Cc1ccc(F)cc1)C(=O)CN(c1ccc(OC)cc1)S(C)(=O)=O. The van der Waals surface area contributed by atoms with Crippen LogP contribution in [0.2, 0.25) is 0 Å². The molecule has 35 heavy (non-hydrogen) atoms. The summed E-state index contributed by atoms with van der Waals surface area (Å²) in [5, 5.41) is 2.90. The van der Waals surface area contributed by atoms with Crippen molar-refractivity contribution < 1.29 is 27.1 Å². The Morgan fingerprint density at radius 3 is 2.11 bits per heavy atom. The number of hydrogen-bond acceptors (Lipinski definition) is 5. The predicted molar refractivity (Wildman–Crippen MR) is 134 cm³/mol. The van der Waals surface area contributed by atoms with Gasteiger partial charge < -0.3 is 15.0 Å². The Labute approximate surface area is 207 Å². The first kappa shape index (κ1) is 28.1. The van der Waals surface area contributed by atoms with Crippen molar-refractivity contribution in [1.82, 2.24) is 10.2 Å². The normalized spacial score (nSPS) is 13.0. The van der Waals surface area contributed by atoms with Crippen LogP contribution in [0.5, 0.6) is 5.75 Å². The summed E-state index contributed by atoms with van der Waals surface area (Å²) in [4.78, 5) is 28.0. The van der Waals surface area contributed by atoms with Gasteiger partial charge in [0.2, 0.25) is 21.8 Å². The molecule has 0 radical (unpaired) electrons. The van der Waals surface area contributed by atoms with Crippen LogP contribution in [0.1, 0.15) is 39.2 Å². The number of nitrogens with zero attached hydrogens (tertiary/aromatic N) is 2. The fourth-order valence-electron chi connectivity index (χ4n) is 3.51. The van der Waals surface area contributed by atoms with Crippen LogP contribution in [0.15, 0.2) is 48.5 Å². The van der Waals surface area contributed by atoms with Gasteiger partial charge in [-0.1, -0.05) is 26.0 Å². The number of methoxy groups -OCH3 is 1. The molecule has 2 rings (SSSR count). The summed E-state index contributed by atoms with van der Waals surface area (Å²) in [5.41, 5.74) is 0.908. The van der Waals surface area contributed by atoms with Gasteiger partial charge in [-0.25, -0.2) is 12.8 Å². The van der Waals surface area contributed by atoms with Crippen molar-refractivity contribution in [3.05, 3.63) is 59.9 Å². The minimum Gasteiger partial charge on any atom is -0.497 e. The summed E-state index contributed by atoms with van der Waals surface area (Å²) in [6.45, 7) is 5.10. The largest absolute Gasteiger partial charge is 0.497 e. The highest BCUT2D eigenvalue weighted by atomic mass is 32.2. The zero-order valence-corrected chi connectivity index (χ0v) is 21.6. The molecule has 0 saturated heterocycles. The van der Waals surface area contributed by atoms with Gasteiger partial charge in [-0.05, 0) is 61.7 Å². The Hall–Kier alpha value is -3.14. The number of benzene rings is 2. The standard InChI is InChI=1S/C25H34FN3O5S/c1-6-18(3)27-25(31)23(7-2)28(16-19-8-10-20(26)11-9-19)24(30)17-29(35(5,32)33)21-12-14-22(34-4)15-13-21/h8-15,18,23H,6-7,16-17H2,1-5H3,(H,27,31)/t18-,23+/m1/s1. The Balaban J connectivity index is 2.42. The topological polar surface area (TPSA) is 96.0 Å². The lowest BCUT2D eigenvalue weighted by Crippen LogP contribution is -2.53. The molecule has 0 aromatic heterocycles. The Kier molecular flexibility index (Phi) is 10.1. The zero-order valence-electron chi connectivity index (χ0n) is 20.8. The molecule has 0 aliphatic heterocycles. The molecule has 10 heteroatoms. The average Bonchev–Trinajstić information content (AvgIpc) is 2.82. The first-order valence-corrected chi connectivity index (χ1v) is 13.3. The molecule has 1 N–H and O–H groups in total. The van der Waals surface area contributed by atoms with Crippen LogP contribution in [0, 0.1) is 5.82 Å². The van der Waals surface area contributed by atoms with Gasteiger partial charge >= 0.3 is 0 Å². The molecule has 0 aliphatic carbocycles. The van der Waals surface area contributed by atoms with Crippen molar-refractivity contribution in [1.29, 1.82) is 0 Å². The van der Waals surface area contributed by atoms with E-state index in [0.717, 1.165) is 10.6 Å². The third-order valence-electron chi connectivity index (χ3n) is 5.69. The molecule has 0 aliphatic rings. The van der Waals surface area contributed by atoms with E-state index < -0.39 is 34.3 Å². The Morgan fingerprint density at radius 2 is 1.63 bits per heavy atom. The van der Waals surface area contributed by atoms with Crippen molar-refractivity contribution in [3.63, 3.8) is 0 Å². The lowest BCUT2D eigenvalue weighted by atomic mass is 10.1. The van der Waals surface area contributed by atoms with E-state index in [1.807, 2.05) is 13.8 Å². The van der Waals surface area contributed by atoms with Gasteiger partial charge in [0.05, 0.1) is 19.1 Å². The molecule has 0 fully saturated rings. The second-order valence-electron chi connectivity index (χ2n) is 8.36. The monoisotopic (exact) mass is 507 g/mol. The molecule has 2 aromatic carbocycles. The summed E-state index contributed by atoms with van der Waals surface area (Å²) in [7, 11) is -2.33. The van der Waals surface area contributed by atoms with Crippen LogP contribution in [0.4, 0.5) is 10.1 Å². The van der Waals surface area contributed by atoms with Gasteiger partial charge in [-0.15, -0.1) is 0 Å². The van der Waals surface area contributed by atoms with E-state index in [2.05, 4.69) is 5.32 Å². The summed E-state index contributed by atoms with van der Waals surface area (Å²) >= 11 is 0. The number of ether oxygens (including phenoxy) is 1. The number of amides is 2. The number of nitrogens with one attached hydrogen (secondary N) is 1. The minimum absolute atomic E-state index is 0.0196. The van der Waals surface area contributed by atoms with Crippen LogP contribution >= 0.6 is 0 Å². The van der Waals surface area contributed by atoms with E-state index in [9.17, 15) is 22.4 Å². The Morgan fingerprint density at radius 1 is 1.03 bits per heavy atom. The number of anilines is 1. The number of carbonyl (C=O) groups is 2. The molecule has 0 spiro atoms. The molecule has 2 atom stereocenters. The van der Waals surface area contributed by atoms with Gasteiger partial charge in [0.25, 0.3) is 0 Å². The van der Waals surface area contributed by atoms with E-state index in [1.165, 1.54) is 36.3 Å². The highest BCUT2D eigenvalue weighted by molar-refractivity contribution is 7.92. The van der Waals surface area contributed by atoms with E-state index in [0.29, 0.717) is 29.8 Å². The molecule has 8 nitrogen and oxygen atoms in total. The van der Waals surface area contributed by atoms with Crippen molar-refractivity contribution in [3.8, 4) is 5.75 Å². The predicted octanol–water partition coefficient (Wildman–Crippen LogP) is 3.32. The van der Waals surface area contributed by atoms with Crippen molar-refractivity contribution in [2.24, 2.45) is 0 Å². The van der Waals surface area contributed by atoms with Gasteiger partial charge in [-0.3, -0.25) is 13.9 Å². The first-order valence-electron chi connectivity index (χ1n) is 11.5. The van der Waals surface area contributed by atoms with Crippen molar-refractivity contribution in [2.45, 2.75) is 52.2 Å². The van der Waals surface area contributed by atoms with Crippen LogP contribution in [-0.4, -0.2) is 57.1 Å². The molecular weight excluding hydrogens is 473 g/mol. The lowest BCUT2D eigenvalue weighted by molar-refractivity contribution is -0.140. The highest BCUT2D eigenvalue weighted by Gasteiger charge is 2.32. The molecule has 2 amide bonds. The summed E-state index contributed by atoms with van der Waals surface area (Å²) < 4.78 is 44.8. The fourth-order valence-corrected chi connectivity index (χ4v) is 4.36. The van der Waals surface area contributed by atoms with E-state index in [-0.39, 0.29) is 18.5 Å². The molecule has 0 heterocycles. The maximum absolute atomic E-state index is 13.6. The highest BCUT2D eigenvalue weighted by Crippen LogP contribution is 2.22. The van der Waals surface area contributed by atoms with Crippen LogP contribution in [-0.2, 0) is 26.2 Å². The van der Waals surface area contributed by atoms with Crippen LogP contribution < -0.4 is 14.4 Å². The van der Waals surface area contributed by atoms with E-state index in [4.69, 9.17) is 4.74 Å². The molecule has 2 aromatic rings. The van der Waals surface area contributed by atoms with Gasteiger partial charge in [0.15, 0.2) is 0 Å². The maximum atomic E-state index is 13.6. The average molecular weight is 508 g/mol. The number of carbonyl (C=O) groups excluding carboxylic acids is 2. The molecular formula is C25H34FN3O5S. The zero-order chi connectivity index (χ0) is 26.2. The maximum Gasteiger partial charge on any atom is 0.244 e. The Bertz CT molecular complexity index is 1090. The number of rotatable bonds is 12. The second kappa shape index (κ2) is 12.5. The first-order chi connectivity index (χ1) is 16.5. The number of hydrogen-bond donors (Lipinski definition) is 1. The molecule has 192 valence electrons. The van der Waals surface area contributed by atoms with E-state index in [1.54, 1.807) is 31.2 Å². The smallest absolute Gasteiger partial charge is 0.244 e. The van der Waals surface area contributed by atoms with E-state index >= 15 is 0 Å². The summed E-state index contributed by atoms with van der Waals surface area (Å²) in [5.74, 6) is -0.760. The quantitative estimate of drug-likeness (QED) is 0.476. The molecule has 0 bridgehead atoms. The molecule has 0 saturated carbocycles. The number of sulfonamides is 1. The second-order valence-corrected chi connectivity index (χ2v) is 10.3. The molecule has 0 unspecified atom stereocenters. The lowest BCUT2D eigenvalue weighted by Gasteiger charge is -2.33. The fraction of sp³-hybridized carbons (Fsp3) is 0.440. The third kappa shape index (κ3) is 7.95. The summed E-state index contributed by atoms with van der Waals surface area (Å²) in [6, 6.07) is 11.0. The van der Waals surface area contributed by atoms with Crippen LogP contribution in [0.3, 0.4) is 0 Å². The van der Waals surface area contributed by atoms with Gasteiger partial charge in [-0.2, -0.15) is 0 Å². The minimum atomic E-state index is -3.83. The summed E-state index contributed by atoms with van der Waals surface area (Å²) in [6.07, 6.45) is 2.05. The van der Waals surface area contributed by atoms with Crippen molar-refractivity contribution in [2.75, 3.05) is 24.2 Å².